The van der Waals surface area contributed by atoms with E-state index in [1.807, 2.05) is 38.1 Å². The third kappa shape index (κ3) is 4.04. The average Bonchev–Trinajstić information content (AvgIpc) is 2.73. The maximum absolute atomic E-state index is 13.4. The monoisotopic (exact) mass is 436 g/mol. The molecule has 0 saturated heterocycles. The number of pyridine rings is 1. The molecule has 0 aliphatic rings. The number of benzene rings is 3. The van der Waals surface area contributed by atoms with Crippen LogP contribution in [-0.2, 0) is 16.4 Å². The van der Waals surface area contributed by atoms with Crippen LogP contribution in [0.2, 0.25) is 5.02 Å². The molecule has 0 unspecified atom stereocenters. The average molecular weight is 437 g/mol. The van der Waals surface area contributed by atoms with Gasteiger partial charge in [-0.3, -0.25) is 4.98 Å². The summed E-state index contributed by atoms with van der Waals surface area (Å²) >= 11 is 6.22. The summed E-state index contributed by atoms with van der Waals surface area (Å²) in [6.07, 6.45) is 1.42. The summed E-state index contributed by atoms with van der Waals surface area (Å²) in [7, 11) is -3.77. The second-order valence-corrected chi connectivity index (χ2v) is 9.67. The minimum atomic E-state index is -3.77. The molecule has 0 amide bonds. The van der Waals surface area contributed by atoms with Crippen molar-refractivity contribution >= 4 is 38.0 Å². The van der Waals surface area contributed by atoms with Gasteiger partial charge in [-0.15, -0.1) is 0 Å². The van der Waals surface area contributed by atoms with Crippen molar-refractivity contribution in [1.29, 1.82) is 0 Å². The van der Waals surface area contributed by atoms with Crippen molar-refractivity contribution in [1.82, 2.24) is 4.98 Å². The Kier molecular flexibility index (Phi) is 5.50. The number of fused-ring (bicyclic) bond motifs is 1. The van der Waals surface area contributed by atoms with E-state index in [9.17, 15) is 8.42 Å². The van der Waals surface area contributed by atoms with Gasteiger partial charge < -0.3 is 5.32 Å². The van der Waals surface area contributed by atoms with E-state index < -0.39 is 9.84 Å². The van der Waals surface area contributed by atoms with Gasteiger partial charge in [0, 0.05) is 23.2 Å². The first-order chi connectivity index (χ1) is 14.3. The Hall–Kier alpha value is -2.89. The second-order valence-electron chi connectivity index (χ2n) is 7.31. The van der Waals surface area contributed by atoms with Gasteiger partial charge in [0.25, 0.3) is 0 Å². The van der Waals surface area contributed by atoms with Gasteiger partial charge in [-0.25, -0.2) is 8.42 Å². The minimum absolute atomic E-state index is 0.133. The summed E-state index contributed by atoms with van der Waals surface area (Å²) in [5.41, 5.74) is 4.39. The minimum Gasteiger partial charge on any atom is -0.379 e. The van der Waals surface area contributed by atoms with Crippen LogP contribution in [0.25, 0.3) is 10.9 Å². The van der Waals surface area contributed by atoms with E-state index >= 15 is 0 Å². The SMILES string of the molecule is Cc1ccc(CNc2c(S(=O)(=O)c3ccc(C)cc3)cnc3ccc(Cl)cc23)cc1. The number of sulfone groups is 1. The highest BCUT2D eigenvalue weighted by Crippen LogP contribution is 2.34. The van der Waals surface area contributed by atoms with Crippen LogP contribution in [0.1, 0.15) is 16.7 Å². The van der Waals surface area contributed by atoms with Gasteiger partial charge in [0.2, 0.25) is 9.84 Å². The molecular weight excluding hydrogens is 416 g/mol. The van der Waals surface area contributed by atoms with Crippen molar-refractivity contribution in [2.24, 2.45) is 0 Å². The summed E-state index contributed by atoms with van der Waals surface area (Å²) in [4.78, 5) is 4.74. The van der Waals surface area contributed by atoms with Gasteiger partial charge in [-0.2, -0.15) is 0 Å². The molecule has 1 heterocycles. The molecule has 0 aliphatic heterocycles. The first kappa shape index (κ1) is 20.4. The number of anilines is 1. The Morgan fingerprint density at radius 3 is 2.20 bits per heavy atom. The molecule has 30 heavy (non-hydrogen) atoms. The number of aromatic nitrogens is 1. The van der Waals surface area contributed by atoms with Crippen LogP contribution in [0.15, 0.2) is 82.7 Å². The lowest BCUT2D eigenvalue weighted by Crippen LogP contribution is -2.09. The highest BCUT2D eigenvalue weighted by molar-refractivity contribution is 7.91. The zero-order valence-corrected chi connectivity index (χ0v) is 18.3. The molecule has 6 heteroatoms. The highest BCUT2D eigenvalue weighted by atomic mass is 35.5. The molecule has 4 aromatic rings. The van der Waals surface area contributed by atoms with Gasteiger partial charge in [-0.05, 0) is 49.7 Å². The molecule has 1 aromatic heterocycles. The van der Waals surface area contributed by atoms with Gasteiger partial charge in [0.05, 0.1) is 16.1 Å². The lowest BCUT2D eigenvalue weighted by molar-refractivity contribution is 0.596. The predicted octanol–water partition coefficient (Wildman–Crippen LogP) is 5.95. The third-order valence-electron chi connectivity index (χ3n) is 5.01. The van der Waals surface area contributed by atoms with Gasteiger partial charge >= 0.3 is 0 Å². The molecular formula is C24H21ClN2O2S. The summed E-state index contributed by atoms with van der Waals surface area (Å²) in [5, 5.41) is 4.52. The van der Waals surface area contributed by atoms with Crippen molar-refractivity contribution in [3.63, 3.8) is 0 Å². The van der Waals surface area contributed by atoms with Crippen molar-refractivity contribution in [3.8, 4) is 0 Å². The van der Waals surface area contributed by atoms with E-state index in [1.165, 1.54) is 11.8 Å². The number of halogens is 1. The topological polar surface area (TPSA) is 59.1 Å². The molecule has 1 N–H and O–H groups in total. The van der Waals surface area contributed by atoms with Crippen LogP contribution < -0.4 is 5.32 Å². The van der Waals surface area contributed by atoms with Crippen LogP contribution >= 0.6 is 11.6 Å². The largest absolute Gasteiger partial charge is 0.379 e. The summed E-state index contributed by atoms with van der Waals surface area (Å²) < 4.78 is 26.9. The number of hydrogen-bond donors (Lipinski definition) is 1. The number of rotatable bonds is 5. The molecule has 4 rings (SSSR count). The standard InChI is InChI=1S/C24H21ClN2O2S/c1-16-3-7-18(8-4-16)14-27-24-21-13-19(25)9-12-22(21)26-15-23(24)30(28,29)20-10-5-17(2)6-11-20/h3-13,15H,14H2,1-2H3,(H,26,27). The molecule has 0 fully saturated rings. The molecule has 3 aromatic carbocycles. The third-order valence-corrected chi connectivity index (χ3v) is 7.02. The number of hydrogen-bond acceptors (Lipinski definition) is 4. The summed E-state index contributed by atoms with van der Waals surface area (Å²) in [6.45, 7) is 4.43. The van der Waals surface area contributed by atoms with Crippen molar-refractivity contribution in [2.75, 3.05) is 5.32 Å². The van der Waals surface area contributed by atoms with Gasteiger partial charge in [0.15, 0.2) is 0 Å². The highest BCUT2D eigenvalue weighted by Gasteiger charge is 2.24. The first-order valence-corrected chi connectivity index (χ1v) is 11.4. The second kappa shape index (κ2) is 8.09. The predicted molar refractivity (Wildman–Crippen MR) is 122 cm³/mol. The van der Waals surface area contributed by atoms with Crippen molar-refractivity contribution in [2.45, 2.75) is 30.2 Å². The van der Waals surface area contributed by atoms with Crippen LogP contribution in [-0.4, -0.2) is 13.4 Å². The van der Waals surface area contributed by atoms with Crippen LogP contribution in [0.5, 0.6) is 0 Å². The molecule has 0 spiro atoms. The van der Waals surface area contributed by atoms with E-state index in [0.717, 1.165) is 11.1 Å². The fraction of sp³-hybridized carbons (Fsp3) is 0.125. The lowest BCUT2D eigenvalue weighted by atomic mass is 10.1. The quantitative estimate of drug-likeness (QED) is 0.420. The Balaban J connectivity index is 1.85. The molecule has 0 saturated carbocycles. The molecule has 0 radical (unpaired) electrons. The molecule has 0 bridgehead atoms. The van der Waals surface area contributed by atoms with Gasteiger partial charge in [0.1, 0.15) is 4.90 Å². The van der Waals surface area contributed by atoms with E-state index in [2.05, 4.69) is 10.3 Å². The Labute approximate surface area is 181 Å². The maximum Gasteiger partial charge on any atom is 0.210 e. The van der Waals surface area contributed by atoms with E-state index in [4.69, 9.17) is 11.6 Å². The summed E-state index contributed by atoms with van der Waals surface area (Å²) in [5.74, 6) is 0. The van der Waals surface area contributed by atoms with E-state index in [-0.39, 0.29) is 9.79 Å². The van der Waals surface area contributed by atoms with Crippen LogP contribution in [0.3, 0.4) is 0 Å². The van der Waals surface area contributed by atoms with Crippen molar-refractivity contribution in [3.05, 3.63) is 94.6 Å². The van der Waals surface area contributed by atoms with Crippen molar-refractivity contribution < 1.29 is 8.42 Å². The van der Waals surface area contributed by atoms with E-state index in [0.29, 0.717) is 28.2 Å². The Morgan fingerprint density at radius 1 is 0.900 bits per heavy atom. The fourth-order valence-electron chi connectivity index (χ4n) is 3.27. The Bertz CT molecular complexity index is 1320. The summed E-state index contributed by atoms with van der Waals surface area (Å²) in [6, 6.07) is 20.2. The van der Waals surface area contributed by atoms with E-state index in [1.54, 1.807) is 42.5 Å². The van der Waals surface area contributed by atoms with Crippen LogP contribution in [0.4, 0.5) is 5.69 Å². The van der Waals surface area contributed by atoms with Crippen LogP contribution in [0, 0.1) is 13.8 Å². The molecule has 0 aliphatic carbocycles. The smallest absolute Gasteiger partial charge is 0.210 e. The fourth-order valence-corrected chi connectivity index (χ4v) is 4.84. The number of nitrogens with zero attached hydrogens (tertiary/aromatic N) is 1. The Morgan fingerprint density at radius 2 is 1.53 bits per heavy atom. The first-order valence-electron chi connectivity index (χ1n) is 9.54. The zero-order valence-electron chi connectivity index (χ0n) is 16.7. The zero-order chi connectivity index (χ0) is 21.3. The van der Waals surface area contributed by atoms with Gasteiger partial charge in [-0.1, -0.05) is 59.1 Å². The maximum atomic E-state index is 13.4. The molecule has 152 valence electrons. The number of nitrogens with one attached hydrogen (secondary N) is 1. The number of aryl methyl sites for hydroxylation is 2. The lowest BCUT2D eigenvalue weighted by Gasteiger charge is -2.16. The molecule has 0 atom stereocenters. The molecule has 4 nitrogen and oxygen atoms in total. The normalized spacial score (nSPS) is 11.6.